The fourth-order valence-electron chi connectivity index (χ4n) is 5.63. The second-order valence-corrected chi connectivity index (χ2v) is 14.4. The summed E-state index contributed by atoms with van der Waals surface area (Å²) in [4.78, 5) is 0. The maximum absolute atomic E-state index is 6.24. The molecule has 2 nitrogen and oxygen atoms in total. The second-order valence-electron chi connectivity index (χ2n) is 12.5. The summed E-state index contributed by atoms with van der Waals surface area (Å²) in [6.07, 6.45) is 33.0. The summed E-state index contributed by atoms with van der Waals surface area (Å²) in [6, 6.07) is 2.43. The largest absolute Gasteiger partial charge is 0.353 e. The van der Waals surface area contributed by atoms with Crippen LogP contribution in [0.2, 0.25) is 0 Å². The van der Waals surface area contributed by atoms with Gasteiger partial charge in [-0.2, -0.15) is 0 Å². The standard InChI is InChI=1S/C38H68BrO2P/c1-6-8-10-12-18-22-26-30-40-38(41-31-27-23-19-13-11-9-7-2)29-25-21-17-15-14-16-20-24-28-36-32-37(42-39)35(5)33(3)34(36)4/h14,16,32,38,42H,6-13,15,17-31H2,1-5H3/b16-14-. The molecule has 1 atom stereocenters. The van der Waals surface area contributed by atoms with Crippen LogP contribution < -0.4 is 5.30 Å². The molecule has 0 aliphatic carbocycles. The molecule has 0 heterocycles. The van der Waals surface area contributed by atoms with Gasteiger partial charge >= 0.3 is 0 Å². The quantitative estimate of drug-likeness (QED) is 0.0366. The summed E-state index contributed by atoms with van der Waals surface area (Å²) in [7, 11) is 0.701. The highest BCUT2D eigenvalue weighted by molar-refractivity contribution is 9.37. The molecule has 0 saturated carbocycles. The van der Waals surface area contributed by atoms with E-state index in [0.29, 0.717) is 7.28 Å². The van der Waals surface area contributed by atoms with Gasteiger partial charge in [0.15, 0.2) is 6.29 Å². The minimum Gasteiger partial charge on any atom is -0.353 e. The second kappa shape index (κ2) is 28.3. The van der Waals surface area contributed by atoms with Crippen LogP contribution in [0.15, 0.2) is 18.2 Å². The van der Waals surface area contributed by atoms with Crippen molar-refractivity contribution in [2.45, 2.75) is 182 Å². The van der Waals surface area contributed by atoms with E-state index in [1.54, 1.807) is 0 Å². The molecule has 0 N–H and O–H groups in total. The van der Waals surface area contributed by atoms with Gasteiger partial charge in [-0.25, -0.2) is 0 Å². The van der Waals surface area contributed by atoms with Crippen molar-refractivity contribution >= 4 is 28.1 Å². The molecule has 42 heavy (non-hydrogen) atoms. The van der Waals surface area contributed by atoms with Crippen molar-refractivity contribution in [1.29, 1.82) is 0 Å². The maximum Gasteiger partial charge on any atom is 0.157 e. The van der Waals surface area contributed by atoms with Crippen molar-refractivity contribution < 1.29 is 9.47 Å². The first-order chi connectivity index (χ1) is 20.5. The lowest BCUT2D eigenvalue weighted by atomic mass is 9.95. The molecular formula is C38H68BrO2P. The average Bonchev–Trinajstić information content (AvgIpc) is 3.00. The molecule has 244 valence electrons. The Kier molecular flexibility index (Phi) is 26.8. The van der Waals surface area contributed by atoms with Gasteiger partial charge in [-0.1, -0.05) is 131 Å². The SMILES string of the molecule is CCCCCCCCCOC(CCCCC/C=C\CCCc1cc(PBr)c(C)c(C)c1C)OCCCCCCCCC. The summed E-state index contributed by atoms with van der Waals surface area (Å²) in [5, 5.41) is 1.47. The van der Waals surface area contributed by atoms with Crippen LogP contribution in [0.1, 0.15) is 171 Å². The van der Waals surface area contributed by atoms with Crippen LogP contribution in [0, 0.1) is 20.8 Å². The van der Waals surface area contributed by atoms with Gasteiger partial charge in [0.1, 0.15) is 0 Å². The number of allylic oxidation sites excluding steroid dienone is 2. The Balaban J connectivity index is 2.23. The van der Waals surface area contributed by atoms with Crippen molar-refractivity contribution in [3.05, 3.63) is 40.5 Å². The minimum absolute atomic E-state index is 0.000172. The molecule has 0 aromatic heterocycles. The van der Waals surface area contributed by atoms with E-state index >= 15 is 0 Å². The molecule has 0 amide bonds. The number of halogens is 1. The lowest BCUT2D eigenvalue weighted by molar-refractivity contribution is -0.148. The molecule has 0 fully saturated rings. The van der Waals surface area contributed by atoms with Gasteiger partial charge < -0.3 is 9.47 Å². The number of ether oxygens (including phenoxy) is 2. The number of rotatable bonds is 29. The Bertz CT molecular complexity index is 774. The molecule has 0 spiro atoms. The molecule has 1 aromatic carbocycles. The van der Waals surface area contributed by atoms with Crippen molar-refractivity contribution in [2.75, 3.05) is 13.2 Å². The fourth-order valence-corrected chi connectivity index (χ4v) is 7.42. The zero-order chi connectivity index (χ0) is 30.7. The first kappa shape index (κ1) is 39.8. The first-order valence-corrected chi connectivity index (χ1v) is 21.1. The lowest BCUT2D eigenvalue weighted by Crippen LogP contribution is -2.19. The summed E-state index contributed by atoms with van der Waals surface area (Å²) in [5.74, 6) is 0. The van der Waals surface area contributed by atoms with E-state index in [1.807, 2.05) is 0 Å². The van der Waals surface area contributed by atoms with Crippen molar-refractivity contribution in [2.24, 2.45) is 0 Å². The van der Waals surface area contributed by atoms with E-state index in [9.17, 15) is 0 Å². The molecule has 0 saturated heterocycles. The summed E-state index contributed by atoms with van der Waals surface area (Å²) in [6.45, 7) is 13.1. The fraction of sp³-hybridized carbons (Fsp3) is 0.789. The van der Waals surface area contributed by atoms with E-state index in [1.165, 1.54) is 162 Å². The molecule has 1 rings (SSSR count). The van der Waals surface area contributed by atoms with Gasteiger partial charge in [-0.05, 0) is 113 Å². The predicted molar refractivity (Wildman–Crippen MR) is 194 cm³/mol. The Morgan fingerprint density at radius 2 is 1.12 bits per heavy atom. The normalized spacial score (nSPS) is 12.2. The highest BCUT2D eigenvalue weighted by Crippen LogP contribution is 2.27. The van der Waals surface area contributed by atoms with Gasteiger partial charge in [-0.15, -0.1) is 0 Å². The van der Waals surface area contributed by atoms with Crippen LogP contribution in [-0.4, -0.2) is 19.5 Å². The summed E-state index contributed by atoms with van der Waals surface area (Å²) >= 11 is 3.69. The summed E-state index contributed by atoms with van der Waals surface area (Å²) in [5.41, 5.74) is 5.95. The number of hydrogen-bond acceptors (Lipinski definition) is 2. The smallest absolute Gasteiger partial charge is 0.157 e. The number of unbranched alkanes of at least 4 members (excludes halogenated alkanes) is 16. The van der Waals surface area contributed by atoms with Gasteiger partial charge in [-0.3, -0.25) is 0 Å². The van der Waals surface area contributed by atoms with Crippen LogP contribution >= 0.6 is 22.8 Å². The van der Waals surface area contributed by atoms with Gasteiger partial charge in [0.05, 0.1) is 0 Å². The zero-order valence-electron chi connectivity index (χ0n) is 28.5. The highest BCUT2D eigenvalue weighted by Gasteiger charge is 2.10. The van der Waals surface area contributed by atoms with E-state index in [2.05, 4.69) is 68.3 Å². The Labute approximate surface area is 272 Å². The van der Waals surface area contributed by atoms with E-state index < -0.39 is 0 Å². The predicted octanol–water partition coefficient (Wildman–Crippen LogP) is 12.9. The van der Waals surface area contributed by atoms with Gasteiger partial charge in [0.2, 0.25) is 0 Å². The molecular weight excluding hydrogens is 599 g/mol. The van der Waals surface area contributed by atoms with Crippen molar-refractivity contribution in [3.63, 3.8) is 0 Å². The Morgan fingerprint density at radius 1 is 0.619 bits per heavy atom. The number of hydrogen-bond donors (Lipinski definition) is 0. The molecule has 0 aliphatic heterocycles. The van der Waals surface area contributed by atoms with E-state index in [4.69, 9.17) is 9.47 Å². The van der Waals surface area contributed by atoms with Gasteiger partial charge in [0, 0.05) is 13.2 Å². The molecule has 0 radical (unpaired) electrons. The van der Waals surface area contributed by atoms with Crippen LogP contribution in [0.3, 0.4) is 0 Å². The minimum atomic E-state index is 0.000172. The maximum atomic E-state index is 6.24. The third kappa shape index (κ3) is 19.9. The first-order valence-electron chi connectivity index (χ1n) is 17.9. The molecule has 1 unspecified atom stereocenters. The Morgan fingerprint density at radius 3 is 1.67 bits per heavy atom. The topological polar surface area (TPSA) is 18.5 Å². The third-order valence-electron chi connectivity index (χ3n) is 8.83. The van der Waals surface area contributed by atoms with Crippen LogP contribution in [-0.2, 0) is 15.9 Å². The average molecular weight is 668 g/mol. The summed E-state index contributed by atoms with van der Waals surface area (Å²) < 4.78 is 12.5. The van der Waals surface area contributed by atoms with E-state index in [0.717, 1.165) is 19.6 Å². The molecule has 1 aromatic rings. The third-order valence-corrected chi connectivity index (χ3v) is 10.8. The monoisotopic (exact) mass is 666 g/mol. The van der Waals surface area contributed by atoms with Crippen molar-refractivity contribution in [3.8, 4) is 0 Å². The highest BCUT2D eigenvalue weighted by atomic mass is 79.9. The number of benzene rings is 1. The van der Waals surface area contributed by atoms with Crippen LogP contribution in [0.5, 0.6) is 0 Å². The Hall–Kier alpha value is -0.210. The van der Waals surface area contributed by atoms with Gasteiger partial charge in [0.25, 0.3) is 0 Å². The van der Waals surface area contributed by atoms with Crippen LogP contribution in [0.4, 0.5) is 0 Å². The van der Waals surface area contributed by atoms with E-state index in [-0.39, 0.29) is 6.29 Å². The molecule has 0 aliphatic rings. The molecule has 4 heteroatoms. The van der Waals surface area contributed by atoms with Crippen LogP contribution in [0.25, 0.3) is 0 Å². The molecule has 0 bridgehead atoms. The lowest BCUT2D eigenvalue weighted by Gasteiger charge is -2.19. The zero-order valence-corrected chi connectivity index (χ0v) is 31.1. The number of aryl methyl sites for hydroxylation is 1. The van der Waals surface area contributed by atoms with Crippen molar-refractivity contribution in [1.82, 2.24) is 0 Å².